The van der Waals surface area contributed by atoms with Crippen molar-refractivity contribution in [1.29, 1.82) is 0 Å². The van der Waals surface area contributed by atoms with Crippen LogP contribution in [0.25, 0.3) is 4.85 Å². The minimum Gasteiger partial charge on any atom is -0.357 e. The molecular formula is C20H19FN2O. The van der Waals surface area contributed by atoms with Crippen LogP contribution in [-0.2, 0) is 16.9 Å². The summed E-state index contributed by atoms with van der Waals surface area (Å²) < 4.78 is 19.5. The number of benzene rings is 2. The van der Waals surface area contributed by atoms with Gasteiger partial charge >= 0.3 is 0 Å². The number of hydrogen-bond acceptors (Lipinski definition) is 2. The second kappa shape index (κ2) is 6.56. The van der Waals surface area contributed by atoms with E-state index in [1.165, 1.54) is 12.1 Å². The number of hydrogen-bond donors (Lipinski definition) is 0. The van der Waals surface area contributed by atoms with Gasteiger partial charge in [-0.2, -0.15) is 0 Å². The highest BCUT2D eigenvalue weighted by atomic mass is 19.1. The number of nitrogens with zero attached hydrogens (tertiary/aromatic N) is 2. The van der Waals surface area contributed by atoms with E-state index in [9.17, 15) is 4.39 Å². The average Bonchev–Trinajstić information content (AvgIpc) is 2.94. The fourth-order valence-corrected chi connectivity index (χ4v) is 3.00. The van der Waals surface area contributed by atoms with Gasteiger partial charge in [-0.15, -0.1) is 0 Å². The molecule has 0 aliphatic carbocycles. The molecule has 1 aliphatic heterocycles. The molecule has 0 radical (unpaired) electrons. The molecule has 3 nitrogen and oxygen atoms in total. The van der Waals surface area contributed by atoms with Crippen LogP contribution in [-0.4, -0.2) is 25.5 Å². The minimum absolute atomic E-state index is 0.271. The summed E-state index contributed by atoms with van der Waals surface area (Å²) in [6.07, 6.45) is 4.09. The predicted molar refractivity (Wildman–Crippen MR) is 92.4 cm³/mol. The van der Waals surface area contributed by atoms with E-state index in [-0.39, 0.29) is 5.82 Å². The molecule has 0 fully saturated rings. The molecular weight excluding hydrogens is 303 g/mol. The summed E-state index contributed by atoms with van der Waals surface area (Å²) in [7, 11) is 4.00. The van der Waals surface area contributed by atoms with E-state index in [0.29, 0.717) is 12.3 Å². The molecule has 122 valence electrons. The summed E-state index contributed by atoms with van der Waals surface area (Å²) in [4.78, 5) is 5.55. The van der Waals surface area contributed by atoms with Gasteiger partial charge in [0, 0.05) is 6.54 Å². The summed E-state index contributed by atoms with van der Waals surface area (Å²) in [5.74, 6) is -0.271. The molecule has 1 aliphatic rings. The lowest BCUT2D eigenvalue weighted by atomic mass is 9.85. The topological polar surface area (TPSA) is 16.8 Å². The van der Waals surface area contributed by atoms with Crippen molar-refractivity contribution in [1.82, 2.24) is 4.90 Å². The maximum absolute atomic E-state index is 13.4. The summed E-state index contributed by atoms with van der Waals surface area (Å²) in [5, 5.41) is 0. The standard InChI is InChI=1S/C20H19FN2O/c1-22-18-9-10-19-15(13-18)14-24-20(19,11-4-12-23(2)3)16-5-7-17(21)8-6-16/h4-11,13H,12,14H2,2-3H3. The van der Waals surface area contributed by atoms with Crippen LogP contribution in [0.5, 0.6) is 0 Å². The zero-order valence-corrected chi connectivity index (χ0v) is 13.8. The Morgan fingerprint density at radius 1 is 1.25 bits per heavy atom. The highest BCUT2D eigenvalue weighted by molar-refractivity contribution is 5.56. The smallest absolute Gasteiger partial charge is 0.187 e. The van der Waals surface area contributed by atoms with Gasteiger partial charge in [0.15, 0.2) is 5.69 Å². The van der Waals surface area contributed by atoms with Gasteiger partial charge < -0.3 is 9.64 Å². The molecule has 0 bridgehead atoms. The van der Waals surface area contributed by atoms with Crippen molar-refractivity contribution >= 4 is 5.69 Å². The first kappa shape index (κ1) is 16.4. The van der Waals surface area contributed by atoms with Gasteiger partial charge in [-0.1, -0.05) is 36.4 Å². The molecule has 2 aromatic carbocycles. The Morgan fingerprint density at radius 3 is 2.67 bits per heavy atom. The zero-order chi connectivity index (χ0) is 17.2. The lowest BCUT2D eigenvalue weighted by Crippen LogP contribution is -2.25. The molecule has 3 rings (SSSR count). The van der Waals surface area contributed by atoms with Crippen LogP contribution in [0.15, 0.2) is 54.6 Å². The van der Waals surface area contributed by atoms with Crippen molar-refractivity contribution in [3.8, 4) is 0 Å². The van der Waals surface area contributed by atoms with Gasteiger partial charge in [-0.05, 0) is 49.0 Å². The Morgan fingerprint density at radius 2 is 2.00 bits per heavy atom. The summed E-state index contributed by atoms with van der Waals surface area (Å²) in [6.45, 7) is 8.39. The SMILES string of the molecule is [C-]#[N+]c1ccc2c(c1)COC2(C=CCN(C)C)c1ccc(F)cc1. The number of ether oxygens (including phenoxy) is 1. The number of rotatable bonds is 4. The molecule has 1 heterocycles. The van der Waals surface area contributed by atoms with Crippen LogP contribution >= 0.6 is 0 Å². The van der Waals surface area contributed by atoms with E-state index in [1.807, 2.05) is 32.3 Å². The average molecular weight is 322 g/mol. The second-order valence-electron chi connectivity index (χ2n) is 6.15. The molecule has 0 aromatic heterocycles. The maximum Gasteiger partial charge on any atom is 0.187 e. The lowest BCUT2D eigenvalue weighted by Gasteiger charge is -2.27. The number of likely N-dealkylation sites (N-methyl/N-ethyl adjacent to an activating group) is 1. The molecule has 0 N–H and O–H groups in total. The Kier molecular flexibility index (Phi) is 4.48. The fourth-order valence-electron chi connectivity index (χ4n) is 3.00. The monoisotopic (exact) mass is 322 g/mol. The first-order valence-electron chi connectivity index (χ1n) is 7.78. The van der Waals surface area contributed by atoms with E-state index in [0.717, 1.165) is 23.2 Å². The zero-order valence-electron chi connectivity index (χ0n) is 13.8. The normalized spacial score (nSPS) is 19.6. The Balaban J connectivity index is 2.10. The molecule has 0 saturated heterocycles. The molecule has 0 saturated carbocycles. The van der Waals surface area contributed by atoms with Gasteiger partial charge in [-0.3, -0.25) is 0 Å². The number of fused-ring (bicyclic) bond motifs is 1. The van der Waals surface area contributed by atoms with Crippen LogP contribution in [0.2, 0.25) is 0 Å². The molecule has 2 aromatic rings. The van der Waals surface area contributed by atoms with E-state index >= 15 is 0 Å². The largest absolute Gasteiger partial charge is 0.357 e. The number of halogens is 1. The van der Waals surface area contributed by atoms with Crippen LogP contribution in [0.3, 0.4) is 0 Å². The maximum atomic E-state index is 13.4. The highest BCUT2D eigenvalue weighted by Crippen LogP contribution is 2.44. The van der Waals surface area contributed by atoms with Crippen molar-refractivity contribution in [3.63, 3.8) is 0 Å². The summed E-state index contributed by atoms with van der Waals surface area (Å²) in [6, 6.07) is 12.0. The van der Waals surface area contributed by atoms with Crippen LogP contribution in [0.4, 0.5) is 10.1 Å². The van der Waals surface area contributed by atoms with Crippen molar-refractivity contribution in [2.45, 2.75) is 12.2 Å². The second-order valence-corrected chi connectivity index (χ2v) is 6.15. The van der Waals surface area contributed by atoms with Gasteiger partial charge in [0.1, 0.15) is 11.4 Å². The molecule has 1 atom stereocenters. The summed E-state index contributed by atoms with van der Waals surface area (Å²) >= 11 is 0. The Hall–Kier alpha value is -2.48. The lowest BCUT2D eigenvalue weighted by molar-refractivity contribution is 0.0325. The minimum atomic E-state index is -0.737. The first-order chi connectivity index (χ1) is 11.5. The molecule has 1 unspecified atom stereocenters. The van der Waals surface area contributed by atoms with Crippen LogP contribution in [0.1, 0.15) is 16.7 Å². The van der Waals surface area contributed by atoms with E-state index < -0.39 is 5.60 Å². The third kappa shape index (κ3) is 2.96. The van der Waals surface area contributed by atoms with Crippen molar-refractivity contribution < 1.29 is 9.13 Å². The van der Waals surface area contributed by atoms with Crippen LogP contribution < -0.4 is 0 Å². The van der Waals surface area contributed by atoms with Crippen molar-refractivity contribution in [3.05, 3.63) is 88.5 Å². The summed E-state index contributed by atoms with van der Waals surface area (Å²) in [5.41, 5.74) is 2.76. The Bertz CT molecular complexity index is 805. The van der Waals surface area contributed by atoms with Crippen molar-refractivity contribution in [2.24, 2.45) is 0 Å². The van der Waals surface area contributed by atoms with Gasteiger partial charge in [0.2, 0.25) is 0 Å². The van der Waals surface area contributed by atoms with Crippen LogP contribution in [0, 0.1) is 12.4 Å². The highest BCUT2D eigenvalue weighted by Gasteiger charge is 2.39. The van der Waals surface area contributed by atoms with E-state index in [4.69, 9.17) is 11.3 Å². The van der Waals surface area contributed by atoms with E-state index in [2.05, 4.69) is 15.8 Å². The van der Waals surface area contributed by atoms with Gasteiger partial charge in [0.05, 0.1) is 13.2 Å². The van der Waals surface area contributed by atoms with Gasteiger partial charge in [-0.25, -0.2) is 9.24 Å². The van der Waals surface area contributed by atoms with Gasteiger partial charge in [0.25, 0.3) is 0 Å². The Labute approximate surface area is 141 Å². The first-order valence-corrected chi connectivity index (χ1v) is 7.78. The fraction of sp³-hybridized carbons (Fsp3) is 0.250. The predicted octanol–water partition coefficient (Wildman–Crippen LogP) is 4.27. The van der Waals surface area contributed by atoms with E-state index in [1.54, 1.807) is 18.2 Å². The molecule has 0 amide bonds. The third-order valence-electron chi connectivity index (χ3n) is 4.17. The van der Waals surface area contributed by atoms with Crippen molar-refractivity contribution in [2.75, 3.05) is 20.6 Å². The third-order valence-corrected chi connectivity index (χ3v) is 4.17. The molecule has 0 spiro atoms. The molecule has 4 heteroatoms. The molecule has 24 heavy (non-hydrogen) atoms. The quantitative estimate of drug-likeness (QED) is 0.618.